The summed E-state index contributed by atoms with van der Waals surface area (Å²) in [6.45, 7) is 8.36. The van der Waals surface area contributed by atoms with E-state index in [0.717, 1.165) is 18.0 Å². The van der Waals surface area contributed by atoms with Crippen molar-refractivity contribution in [1.29, 1.82) is 0 Å². The Hall–Kier alpha value is -1.50. The molecule has 0 aromatic carbocycles. The summed E-state index contributed by atoms with van der Waals surface area (Å²) in [5.74, 6) is -0.586. The van der Waals surface area contributed by atoms with Crippen molar-refractivity contribution in [3.05, 3.63) is 10.6 Å². The predicted octanol–water partition coefficient (Wildman–Crippen LogP) is 2.53. The topological polar surface area (TPSA) is 92.2 Å². The highest BCUT2D eigenvalue weighted by Crippen LogP contribution is 2.20. The molecule has 0 radical (unpaired) electrons. The molecule has 21 heavy (non-hydrogen) atoms. The van der Waals surface area contributed by atoms with Gasteiger partial charge in [-0.2, -0.15) is 0 Å². The number of aliphatic carboxylic acids is 1. The van der Waals surface area contributed by atoms with Gasteiger partial charge in [0, 0.05) is 13.0 Å². The Morgan fingerprint density at radius 3 is 2.48 bits per heavy atom. The van der Waals surface area contributed by atoms with Crippen molar-refractivity contribution in [2.24, 2.45) is 11.8 Å². The zero-order chi connectivity index (χ0) is 16.0. The number of carbonyl (C=O) groups is 2. The van der Waals surface area contributed by atoms with Crippen molar-refractivity contribution in [3.8, 4) is 0 Å². The van der Waals surface area contributed by atoms with Crippen LogP contribution in [0.15, 0.2) is 0 Å². The van der Waals surface area contributed by atoms with E-state index < -0.39 is 5.97 Å². The molecule has 6 nitrogen and oxygen atoms in total. The van der Waals surface area contributed by atoms with Crippen LogP contribution >= 0.6 is 11.5 Å². The first-order valence-corrected chi connectivity index (χ1v) is 7.90. The maximum atomic E-state index is 12.2. The number of amides is 1. The SMILES string of the molecule is CC(C)CC(CNC(=O)c1snnc1C(C)C)CC(=O)O. The van der Waals surface area contributed by atoms with Gasteiger partial charge in [-0.15, -0.1) is 5.10 Å². The summed E-state index contributed by atoms with van der Waals surface area (Å²) in [6, 6.07) is 0. The third kappa shape index (κ3) is 5.79. The Bertz CT molecular complexity index is 486. The summed E-state index contributed by atoms with van der Waals surface area (Å²) < 4.78 is 3.83. The van der Waals surface area contributed by atoms with Crippen molar-refractivity contribution in [3.63, 3.8) is 0 Å². The van der Waals surface area contributed by atoms with E-state index in [1.807, 2.05) is 27.7 Å². The van der Waals surface area contributed by atoms with Gasteiger partial charge in [0.2, 0.25) is 0 Å². The van der Waals surface area contributed by atoms with Gasteiger partial charge in [-0.25, -0.2) is 0 Å². The van der Waals surface area contributed by atoms with E-state index in [9.17, 15) is 9.59 Å². The van der Waals surface area contributed by atoms with Gasteiger partial charge in [-0.3, -0.25) is 9.59 Å². The maximum absolute atomic E-state index is 12.2. The molecule has 1 aromatic heterocycles. The largest absolute Gasteiger partial charge is 0.481 e. The molecule has 7 heteroatoms. The third-order valence-electron chi connectivity index (χ3n) is 3.09. The zero-order valence-corrected chi connectivity index (χ0v) is 13.7. The van der Waals surface area contributed by atoms with Crippen LogP contribution in [0.3, 0.4) is 0 Å². The number of hydrogen-bond acceptors (Lipinski definition) is 5. The molecule has 0 saturated carbocycles. The Kier molecular flexibility index (Phi) is 6.74. The molecule has 1 heterocycles. The van der Waals surface area contributed by atoms with Crippen molar-refractivity contribution < 1.29 is 14.7 Å². The van der Waals surface area contributed by atoms with Crippen molar-refractivity contribution >= 4 is 23.4 Å². The fraction of sp³-hybridized carbons (Fsp3) is 0.714. The average molecular weight is 313 g/mol. The Morgan fingerprint density at radius 1 is 1.29 bits per heavy atom. The van der Waals surface area contributed by atoms with Gasteiger partial charge in [-0.1, -0.05) is 32.2 Å². The molecule has 1 aromatic rings. The molecule has 0 fully saturated rings. The van der Waals surface area contributed by atoms with Crippen LogP contribution in [0.2, 0.25) is 0 Å². The van der Waals surface area contributed by atoms with Gasteiger partial charge >= 0.3 is 5.97 Å². The van der Waals surface area contributed by atoms with Crippen LogP contribution in [-0.2, 0) is 4.79 Å². The molecule has 2 N–H and O–H groups in total. The van der Waals surface area contributed by atoms with E-state index in [1.165, 1.54) is 0 Å². The fourth-order valence-electron chi connectivity index (χ4n) is 2.20. The van der Waals surface area contributed by atoms with Crippen LogP contribution in [-0.4, -0.2) is 33.1 Å². The summed E-state index contributed by atoms with van der Waals surface area (Å²) in [7, 11) is 0. The van der Waals surface area contributed by atoms with Gasteiger partial charge in [0.1, 0.15) is 4.88 Å². The summed E-state index contributed by atoms with van der Waals surface area (Å²) >= 11 is 1.08. The third-order valence-corrected chi connectivity index (χ3v) is 3.83. The first-order valence-electron chi connectivity index (χ1n) is 7.13. The second-order valence-corrected chi connectivity index (χ2v) is 6.70. The number of rotatable bonds is 8. The molecule has 0 aliphatic rings. The number of carboxylic acid groups (broad SMARTS) is 1. The molecular formula is C14H23N3O3S. The average Bonchev–Trinajstić information content (AvgIpc) is 2.83. The van der Waals surface area contributed by atoms with E-state index in [1.54, 1.807) is 0 Å². The molecule has 0 saturated heterocycles. The normalized spacial score (nSPS) is 12.7. The summed E-state index contributed by atoms with van der Waals surface area (Å²) in [4.78, 5) is 23.6. The minimum absolute atomic E-state index is 0.0603. The number of carboxylic acids is 1. The summed E-state index contributed by atoms with van der Waals surface area (Å²) in [5.41, 5.74) is 0.691. The van der Waals surface area contributed by atoms with Gasteiger partial charge in [0.05, 0.1) is 5.69 Å². The minimum Gasteiger partial charge on any atom is -0.481 e. The number of nitrogens with zero attached hydrogens (tertiary/aromatic N) is 2. The molecular weight excluding hydrogens is 290 g/mol. The van der Waals surface area contributed by atoms with Crippen LogP contribution < -0.4 is 5.32 Å². The lowest BCUT2D eigenvalue weighted by Gasteiger charge is -2.17. The number of nitrogens with one attached hydrogen (secondary N) is 1. The molecule has 0 bridgehead atoms. The van der Waals surface area contributed by atoms with Gasteiger partial charge in [0.25, 0.3) is 5.91 Å². The standard InChI is InChI=1S/C14H23N3O3S/c1-8(2)5-10(6-11(18)19)7-15-14(20)13-12(9(3)4)16-17-21-13/h8-10H,5-7H2,1-4H3,(H,15,20)(H,18,19). The minimum atomic E-state index is -0.836. The molecule has 1 rings (SSSR count). The number of carbonyl (C=O) groups excluding carboxylic acids is 1. The van der Waals surface area contributed by atoms with Crippen LogP contribution in [0.25, 0.3) is 0 Å². The molecule has 0 aliphatic heterocycles. The van der Waals surface area contributed by atoms with Gasteiger partial charge in [-0.05, 0) is 35.7 Å². The van der Waals surface area contributed by atoms with Gasteiger partial charge in [0.15, 0.2) is 0 Å². The van der Waals surface area contributed by atoms with E-state index in [2.05, 4.69) is 14.9 Å². The van der Waals surface area contributed by atoms with Crippen molar-refractivity contribution in [2.45, 2.75) is 46.5 Å². The second kappa shape index (κ2) is 8.07. The van der Waals surface area contributed by atoms with Crippen LogP contribution in [0.4, 0.5) is 0 Å². The maximum Gasteiger partial charge on any atom is 0.303 e. The Morgan fingerprint density at radius 2 is 1.95 bits per heavy atom. The van der Waals surface area contributed by atoms with E-state index >= 15 is 0 Å². The highest BCUT2D eigenvalue weighted by molar-refractivity contribution is 7.08. The van der Waals surface area contributed by atoms with E-state index in [0.29, 0.717) is 23.0 Å². The van der Waals surface area contributed by atoms with Gasteiger partial charge < -0.3 is 10.4 Å². The molecule has 0 spiro atoms. The number of hydrogen-bond donors (Lipinski definition) is 2. The zero-order valence-electron chi connectivity index (χ0n) is 12.9. The molecule has 0 aliphatic carbocycles. The summed E-state index contributed by atoms with van der Waals surface area (Å²) in [6.07, 6.45) is 0.834. The lowest BCUT2D eigenvalue weighted by molar-refractivity contribution is -0.138. The van der Waals surface area contributed by atoms with Crippen molar-refractivity contribution in [2.75, 3.05) is 6.54 Å². The van der Waals surface area contributed by atoms with Crippen LogP contribution in [0.5, 0.6) is 0 Å². The van der Waals surface area contributed by atoms with E-state index in [4.69, 9.17) is 5.11 Å². The first kappa shape index (κ1) is 17.6. The molecule has 1 unspecified atom stereocenters. The summed E-state index contributed by atoms with van der Waals surface area (Å²) in [5, 5.41) is 15.7. The van der Waals surface area contributed by atoms with E-state index in [-0.39, 0.29) is 24.2 Å². The lowest BCUT2D eigenvalue weighted by atomic mass is 9.94. The van der Waals surface area contributed by atoms with Crippen LogP contribution in [0.1, 0.15) is 61.8 Å². The Balaban J connectivity index is 2.64. The second-order valence-electron chi connectivity index (χ2n) is 5.95. The highest BCUT2D eigenvalue weighted by Gasteiger charge is 2.21. The molecule has 1 atom stereocenters. The first-order chi connectivity index (χ1) is 9.81. The fourth-order valence-corrected chi connectivity index (χ4v) is 2.94. The Labute approximate surface area is 129 Å². The highest BCUT2D eigenvalue weighted by atomic mass is 32.1. The number of aromatic nitrogens is 2. The predicted molar refractivity (Wildman–Crippen MR) is 81.5 cm³/mol. The molecule has 1 amide bonds. The lowest BCUT2D eigenvalue weighted by Crippen LogP contribution is -2.31. The van der Waals surface area contributed by atoms with Crippen molar-refractivity contribution in [1.82, 2.24) is 14.9 Å². The quantitative estimate of drug-likeness (QED) is 0.769. The smallest absolute Gasteiger partial charge is 0.303 e. The monoisotopic (exact) mass is 313 g/mol. The van der Waals surface area contributed by atoms with Crippen LogP contribution in [0, 0.1) is 11.8 Å². The molecule has 118 valence electrons.